The van der Waals surface area contributed by atoms with Crippen molar-refractivity contribution in [3.63, 3.8) is 0 Å². The van der Waals surface area contributed by atoms with E-state index >= 15 is 0 Å². The fourth-order valence-electron chi connectivity index (χ4n) is 1.43. The van der Waals surface area contributed by atoms with E-state index in [0.717, 1.165) is 16.3 Å². The topological polar surface area (TPSA) is 32.6 Å². The Morgan fingerprint density at radius 3 is 2.62 bits per heavy atom. The second-order valence-corrected chi connectivity index (χ2v) is 2.81. The Morgan fingerprint density at radius 2 is 1.77 bits per heavy atom. The van der Waals surface area contributed by atoms with Gasteiger partial charge in [-0.15, -0.1) is 0 Å². The van der Waals surface area contributed by atoms with Gasteiger partial charge in [0.25, 0.3) is 0 Å². The van der Waals surface area contributed by atoms with Gasteiger partial charge in [-0.2, -0.15) is 0 Å². The average molecular weight is 171 g/mol. The molecule has 2 heteroatoms. The van der Waals surface area contributed by atoms with E-state index in [0.29, 0.717) is 0 Å². The molecule has 0 saturated heterocycles. The van der Waals surface area contributed by atoms with E-state index in [1.54, 1.807) is 0 Å². The van der Waals surface area contributed by atoms with Gasteiger partial charge in [0.15, 0.2) is 0 Å². The summed E-state index contributed by atoms with van der Waals surface area (Å²) in [5.41, 5.74) is 0.931. The minimum atomic E-state index is 0.931. The highest BCUT2D eigenvalue weighted by Crippen LogP contribution is 2.16. The number of nitrogens with zero attached hydrogens (tertiary/aromatic N) is 1. The quantitative estimate of drug-likeness (QED) is 0.399. The van der Waals surface area contributed by atoms with Crippen LogP contribution in [0.15, 0.2) is 47.6 Å². The fraction of sp³-hybridized carbons (Fsp3) is 0. The molecule has 0 unspecified atom stereocenters. The van der Waals surface area contributed by atoms with Crippen LogP contribution in [0.5, 0.6) is 0 Å². The van der Waals surface area contributed by atoms with Gasteiger partial charge in [0.05, 0.1) is 6.21 Å². The zero-order valence-electron chi connectivity index (χ0n) is 7.01. The lowest BCUT2D eigenvalue weighted by Gasteiger charge is -1.99. The molecular weight excluding hydrogens is 162 g/mol. The van der Waals surface area contributed by atoms with Crippen LogP contribution in [0.25, 0.3) is 10.8 Å². The van der Waals surface area contributed by atoms with Crippen LogP contribution in [0.4, 0.5) is 0 Å². The Bertz CT molecular complexity index is 443. The summed E-state index contributed by atoms with van der Waals surface area (Å²) in [6.07, 6.45) is 1.45. The van der Waals surface area contributed by atoms with Crippen LogP contribution in [0.3, 0.4) is 0 Å². The molecule has 0 aliphatic rings. The number of hydrogen-bond acceptors (Lipinski definition) is 2. The molecule has 2 rings (SSSR count). The third kappa shape index (κ3) is 1.38. The predicted molar refractivity (Wildman–Crippen MR) is 53.3 cm³/mol. The molecule has 2 nitrogen and oxygen atoms in total. The molecule has 0 heterocycles. The lowest BCUT2D eigenvalue weighted by atomic mass is 10.1. The third-order valence-electron chi connectivity index (χ3n) is 2.02. The molecule has 0 aliphatic heterocycles. The van der Waals surface area contributed by atoms with Crippen molar-refractivity contribution in [2.75, 3.05) is 0 Å². The van der Waals surface area contributed by atoms with E-state index in [1.807, 2.05) is 42.5 Å². The Hall–Kier alpha value is -1.83. The van der Waals surface area contributed by atoms with Crippen molar-refractivity contribution in [1.82, 2.24) is 0 Å². The molecule has 2 aromatic carbocycles. The van der Waals surface area contributed by atoms with Gasteiger partial charge in [-0.1, -0.05) is 47.6 Å². The first-order valence-electron chi connectivity index (χ1n) is 4.07. The molecule has 13 heavy (non-hydrogen) atoms. The highest BCUT2D eigenvalue weighted by Gasteiger charge is 1.95. The maximum absolute atomic E-state index is 8.45. The van der Waals surface area contributed by atoms with E-state index in [1.165, 1.54) is 6.21 Å². The summed E-state index contributed by atoms with van der Waals surface area (Å²) < 4.78 is 0. The standard InChI is InChI=1S/C11H9NO/c13-12-8-10-6-3-5-9-4-1-2-7-11(9)10/h1-8,13H/b12-8-. The normalized spacial score (nSPS) is 11.1. The van der Waals surface area contributed by atoms with Crippen molar-refractivity contribution in [2.24, 2.45) is 5.16 Å². The highest BCUT2D eigenvalue weighted by molar-refractivity contribution is 5.99. The Kier molecular flexibility index (Phi) is 1.96. The molecule has 0 aliphatic carbocycles. The van der Waals surface area contributed by atoms with Gasteiger partial charge in [0.1, 0.15) is 0 Å². The molecule has 0 fully saturated rings. The van der Waals surface area contributed by atoms with Gasteiger partial charge in [-0.25, -0.2) is 0 Å². The van der Waals surface area contributed by atoms with Gasteiger partial charge in [-0.05, 0) is 10.8 Å². The third-order valence-corrected chi connectivity index (χ3v) is 2.02. The largest absolute Gasteiger partial charge is 0.411 e. The molecule has 0 aromatic heterocycles. The van der Waals surface area contributed by atoms with Gasteiger partial charge in [0.2, 0.25) is 0 Å². The molecular formula is C11H9NO. The minimum Gasteiger partial charge on any atom is -0.411 e. The summed E-state index contributed by atoms with van der Waals surface area (Å²) in [4.78, 5) is 0. The zero-order chi connectivity index (χ0) is 9.10. The molecule has 0 spiro atoms. The van der Waals surface area contributed by atoms with E-state index in [4.69, 9.17) is 5.21 Å². The van der Waals surface area contributed by atoms with Crippen molar-refractivity contribution in [3.05, 3.63) is 48.0 Å². The van der Waals surface area contributed by atoms with Crippen LogP contribution in [0, 0.1) is 0 Å². The van der Waals surface area contributed by atoms with Crippen molar-refractivity contribution in [1.29, 1.82) is 0 Å². The molecule has 0 radical (unpaired) electrons. The van der Waals surface area contributed by atoms with Crippen molar-refractivity contribution in [2.45, 2.75) is 0 Å². The van der Waals surface area contributed by atoms with Gasteiger partial charge < -0.3 is 5.21 Å². The number of fused-ring (bicyclic) bond motifs is 1. The zero-order valence-corrected chi connectivity index (χ0v) is 7.01. The van der Waals surface area contributed by atoms with Crippen LogP contribution in [-0.4, -0.2) is 11.4 Å². The number of hydrogen-bond donors (Lipinski definition) is 1. The Balaban J connectivity index is 2.75. The van der Waals surface area contributed by atoms with Crippen molar-refractivity contribution in [3.8, 4) is 0 Å². The van der Waals surface area contributed by atoms with Gasteiger partial charge >= 0.3 is 0 Å². The smallest absolute Gasteiger partial charge is 0.0740 e. The summed E-state index contributed by atoms with van der Waals surface area (Å²) in [5.74, 6) is 0. The molecule has 64 valence electrons. The molecule has 1 N–H and O–H groups in total. The van der Waals surface area contributed by atoms with Gasteiger partial charge in [0, 0.05) is 5.56 Å². The molecule has 0 amide bonds. The summed E-state index contributed by atoms with van der Waals surface area (Å²) in [6, 6.07) is 13.9. The SMILES string of the molecule is O/N=C\c1cccc2ccccc12. The number of rotatable bonds is 1. The first-order valence-corrected chi connectivity index (χ1v) is 4.07. The first-order chi connectivity index (χ1) is 6.42. The van der Waals surface area contributed by atoms with Crippen molar-refractivity contribution >= 4 is 17.0 Å². The minimum absolute atomic E-state index is 0.931. The molecule has 0 saturated carbocycles. The van der Waals surface area contributed by atoms with Crippen LogP contribution in [-0.2, 0) is 0 Å². The summed E-state index contributed by atoms with van der Waals surface area (Å²) in [6.45, 7) is 0. The molecule has 0 bridgehead atoms. The second kappa shape index (κ2) is 3.27. The predicted octanol–water partition coefficient (Wildman–Crippen LogP) is 2.65. The van der Waals surface area contributed by atoms with Crippen LogP contribution in [0.2, 0.25) is 0 Å². The van der Waals surface area contributed by atoms with E-state index in [9.17, 15) is 0 Å². The molecule has 2 aromatic rings. The Labute approximate surface area is 76.1 Å². The van der Waals surface area contributed by atoms with Crippen molar-refractivity contribution < 1.29 is 5.21 Å². The number of benzene rings is 2. The summed E-state index contributed by atoms with van der Waals surface area (Å²) in [7, 11) is 0. The average Bonchev–Trinajstić information content (AvgIpc) is 2.19. The van der Waals surface area contributed by atoms with Crippen LogP contribution >= 0.6 is 0 Å². The van der Waals surface area contributed by atoms with E-state index in [2.05, 4.69) is 5.16 Å². The van der Waals surface area contributed by atoms with Gasteiger partial charge in [-0.3, -0.25) is 0 Å². The molecule has 0 atom stereocenters. The van der Waals surface area contributed by atoms with Crippen LogP contribution in [0.1, 0.15) is 5.56 Å². The first kappa shape index (κ1) is 7.80. The fourth-order valence-corrected chi connectivity index (χ4v) is 1.43. The summed E-state index contributed by atoms with van der Waals surface area (Å²) >= 11 is 0. The Morgan fingerprint density at radius 1 is 1.00 bits per heavy atom. The number of oxime groups is 1. The van der Waals surface area contributed by atoms with E-state index in [-0.39, 0.29) is 0 Å². The van der Waals surface area contributed by atoms with E-state index < -0.39 is 0 Å². The maximum Gasteiger partial charge on any atom is 0.0740 e. The lowest BCUT2D eigenvalue weighted by molar-refractivity contribution is 0.322. The maximum atomic E-state index is 8.45. The monoisotopic (exact) mass is 171 g/mol. The summed E-state index contributed by atoms with van der Waals surface area (Å²) in [5, 5.41) is 13.7. The second-order valence-electron chi connectivity index (χ2n) is 2.81. The van der Waals surface area contributed by atoms with Crippen LogP contribution < -0.4 is 0 Å². The lowest BCUT2D eigenvalue weighted by Crippen LogP contribution is -1.83. The highest BCUT2D eigenvalue weighted by atomic mass is 16.4.